The van der Waals surface area contributed by atoms with E-state index in [0.717, 1.165) is 6.42 Å². The largest absolute Gasteiger partial charge is 0.367 e. The lowest BCUT2D eigenvalue weighted by atomic mass is 10.2. The summed E-state index contributed by atoms with van der Waals surface area (Å²) in [5.41, 5.74) is 1.20. The number of hydrogen-bond donors (Lipinski definition) is 2. The lowest BCUT2D eigenvalue weighted by molar-refractivity contribution is -0.120. The van der Waals surface area contributed by atoms with Gasteiger partial charge in [-0.15, -0.1) is 11.6 Å². The summed E-state index contributed by atoms with van der Waals surface area (Å²) in [6.45, 7) is 0.674. The molecule has 0 bridgehead atoms. The molecule has 1 aromatic rings. The molecule has 0 aliphatic carbocycles. The van der Waals surface area contributed by atoms with Gasteiger partial charge in [-0.25, -0.2) is 0 Å². The Bertz CT molecular complexity index is 246. The number of amides is 1. The fourth-order valence-corrected chi connectivity index (χ4v) is 1.21. The second-order valence-corrected chi connectivity index (χ2v) is 3.14. The first-order valence-electron chi connectivity index (χ1n) is 4.27. The zero-order chi connectivity index (χ0) is 9.52. The number of carbonyl (C=O) groups is 1. The van der Waals surface area contributed by atoms with Crippen LogP contribution in [0.1, 0.15) is 12.0 Å². The molecule has 4 heteroatoms. The van der Waals surface area contributed by atoms with Crippen molar-refractivity contribution in [2.24, 2.45) is 0 Å². The average Bonchev–Trinajstić information content (AvgIpc) is 2.57. The zero-order valence-corrected chi connectivity index (χ0v) is 8.10. The Kier molecular flexibility index (Phi) is 4.40. The van der Waals surface area contributed by atoms with Crippen LogP contribution in [0.15, 0.2) is 18.5 Å². The van der Waals surface area contributed by atoms with Crippen LogP contribution < -0.4 is 5.32 Å². The van der Waals surface area contributed by atoms with Crippen molar-refractivity contribution in [3.63, 3.8) is 0 Å². The molecule has 0 fully saturated rings. The highest BCUT2D eigenvalue weighted by Crippen LogP contribution is 1.96. The Labute approximate surface area is 82.5 Å². The second kappa shape index (κ2) is 5.65. The molecule has 1 aromatic heterocycles. The van der Waals surface area contributed by atoms with Crippen LogP contribution in [0.2, 0.25) is 0 Å². The molecule has 0 spiro atoms. The van der Waals surface area contributed by atoms with Crippen molar-refractivity contribution >= 4 is 17.5 Å². The number of nitrogens with one attached hydrogen (secondary N) is 2. The van der Waals surface area contributed by atoms with Gasteiger partial charge in [0.15, 0.2) is 0 Å². The summed E-state index contributed by atoms with van der Waals surface area (Å²) in [7, 11) is 0. The molecule has 0 unspecified atom stereocenters. The van der Waals surface area contributed by atoms with E-state index in [1.54, 1.807) is 0 Å². The van der Waals surface area contributed by atoms with Crippen LogP contribution in [0.5, 0.6) is 0 Å². The van der Waals surface area contributed by atoms with Crippen LogP contribution >= 0.6 is 11.6 Å². The van der Waals surface area contributed by atoms with E-state index in [9.17, 15) is 4.79 Å². The van der Waals surface area contributed by atoms with E-state index < -0.39 is 0 Å². The zero-order valence-electron chi connectivity index (χ0n) is 7.35. The van der Waals surface area contributed by atoms with Crippen molar-refractivity contribution in [2.45, 2.75) is 12.8 Å². The van der Waals surface area contributed by atoms with Crippen LogP contribution in [0.25, 0.3) is 0 Å². The van der Waals surface area contributed by atoms with Crippen molar-refractivity contribution in [3.05, 3.63) is 24.0 Å². The third-order valence-corrected chi connectivity index (χ3v) is 1.91. The van der Waals surface area contributed by atoms with Gasteiger partial charge in [0.2, 0.25) is 5.91 Å². The molecule has 0 radical (unpaired) electrons. The summed E-state index contributed by atoms with van der Waals surface area (Å²) in [5.74, 6) is 0.404. The minimum atomic E-state index is 0.0190. The van der Waals surface area contributed by atoms with Crippen molar-refractivity contribution in [2.75, 3.05) is 12.4 Å². The number of alkyl halides is 1. The summed E-state index contributed by atoms with van der Waals surface area (Å²) in [5, 5.41) is 2.78. The minimum absolute atomic E-state index is 0.0190. The molecule has 1 rings (SSSR count). The molecule has 1 amide bonds. The third kappa shape index (κ3) is 3.99. The van der Waals surface area contributed by atoms with E-state index in [-0.39, 0.29) is 5.91 Å². The second-order valence-electron chi connectivity index (χ2n) is 2.76. The summed E-state index contributed by atoms with van der Waals surface area (Å²) in [6, 6.07) is 1.99. The monoisotopic (exact) mass is 200 g/mol. The predicted molar refractivity (Wildman–Crippen MR) is 52.8 cm³/mol. The first kappa shape index (κ1) is 10.1. The van der Waals surface area contributed by atoms with Crippen molar-refractivity contribution in [1.29, 1.82) is 0 Å². The molecule has 0 saturated carbocycles. The number of rotatable bonds is 5. The van der Waals surface area contributed by atoms with Crippen molar-refractivity contribution < 1.29 is 4.79 Å². The van der Waals surface area contributed by atoms with Gasteiger partial charge in [-0.2, -0.15) is 0 Å². The Morgan fingerprint density at radius 1 is 1.62 bits per heavy atom. The van der Waals surface area contributed by atoms with E-state index in [1.165, 1.54) is 5.56 Å². The van der Waals surface area contributed by atoms with Gasteiger partial charge in [-0.1, -0.05) is 0 Å². The molecule has 72 valence electrons. The fraction of sp³-hybridized carbons (Fsp3) is 0.444. The molecule has 0 saturated heterocycles. The van der Waals surface area contributed by atoms with Gasteiger partial charge >= 0.3 is 0 Å². The Balaban J connectivity index is 2.11. The van der Waals surface area contributed by atoms with Gasteiger partial charge in [0.05, 0.1) is 0 Å². The standard InChI is InChI=1S/C9H13ClN2O/c10-4-1-9(13)12-6-3-8-2-5-11-7-8/h2,5,7,11H,1,3-4,6H2,(H,12,13). The maximum absolute atomic E-state index is 11.0. The molecule has 1 heterocycles. The normalized spacial score (nSPS) is 9.92. The maximum atomic E-state index is 11.0. The van der Waals surface area contributed by atoms with Crippen LogP contribution in [0.3, 0.4) is 0 Å². The minimum Gasteiger partial charge on any atom is -0.367 e. The van der Waals surface area contributed by atoms with E-state index in [0.29, 0.717) is 18.8 Å². The number of halogens is 1. The highest BCUT2D eigenvalue weighted by atomic mass is 35.5. The van der Waals surface area contributed by atoms with E-state index in [2.05, 4.69) is 10.3 Å². The van der Waals surface area contributed by atoms with Crippen LogP contribution in [0, 0.1) is 0 Å². The Morgan fingerprint density at radius 3 is 3.08 bits per heavy atom. The quantitative estimate of drug-likeness (QED) is 0.692. The number of aromatic amines is 1. The van der Waals surface area contributed by atoms with E-state index >= 15 is 0 Å². The summed E-state index contributed by atoms with van der Waals surface area (Å²) >= 11 is 5.41. The Hall–Kier alpha value is -0.960. The topological polar surface area (TPSA) is 44.9 Å². The lowest BCUT2D eigenvalue weighted by Gasteiger charge is -2.01. The summed E-state index contributed by atoms with van der Waals surface area (Å²) in [6.07, 6.45) is 5.05. The SMILES string of the molecule is O=C(CCCl)NCCc1cc[nH]c1. The summed E-state index contributed by atoms with van der Waals surface area (Å²) in [4.78, 5) is 13.9. The molecule has 0 aromatic carbocycles. The number of aromatic nitrogens is 1. The van der Waals surface area contributed by atoms with Crippen molar-refractivity contribution in [1.82, 2.24) is 10.3 Å². The van der Waals surface area contributed by atoms with Gasteiger partial charge in [-0.3, -0.25) is 4.79 Å². The molecular formula is C9H13ClN2O. The molecular weight excluding hydrogens is 188 g/mol. The fourth-order valence-electron chi connectivity index (χ4n) is 1.03. The molecule has 0 aliphatic rings. The van der Waals surface area contributed by atoms with Crippen molar-refractivity contribution in [3.8, 4) is 0 Å². The highest BCUT2D eigenvalue weighted by Gasteiger charge is 1.98. The van der Waals surface area contributed by atoms with Crippen LogP contribution in [0.4, 0.5) is 0 Å². The first-order chi connectivity index (χ1) is 6.33. The number of H-pyrrole nitrogens is 1. The van der Waals surface area contributed by atoms with Crippen LogP contribution in [-0.2, 0) is 11.2 Å². The predicted octanol–water partition coefficient (Wildman–Crippen LogP) is 1.30. The average molecular weight is 201 g/mol. The van der Waals surface area contributed by atoms with E-state index in [4.69, 9.17) is 11.6 Å². The third-order valence-electron chi connectivity index (χ3n) is 1.72. The van der Waals surface area contributed by atoms with Gasteiger partial charge < -0.3 is 10.3 Å². The smallest absolute Gasteiger partial charge is 0.221 e. The number of carbonyl (C=O) groups excluding carboxylic acids is 1. The molecule has 0 atom stereocenters. The molecule has 2 N–H and O–H groups in total. The van der Waals surface area contributed by atoms with Gasteiger partial charge in [0.25, 0.3) is 0 Å². The maximum Gasteiger partial charge on any atom is 0.221 e. The van der Waals surface area contributed by atoms with Gasteiger partial charge in [-0.05, 0) is 18.1 Å². The Morgan fingerprint density at radius 2 is 2.46 bits per heavy atom. The van der Waals surface area contributed by atoms with E-state index in [1.807, 2.05) is 18.5 Å². The summed E-state index contributed by atoms with van der Waals surface area (Å²) < 4.78 is 0. The number of hydrogen-bond acceptors (Lipinski definition) is 1. The molecule has 3 nitrogen and oxygen atoms in total. The molecule has 13 heavy (non-hydrogen) atoms. The van der Waals surface area contributed by atoms with Gasteiger partial charge in [0.1, 0.15) is 0 Å². The molecule has 0 aliphatic heterocycles. The highest BCUT2D eigenvalue weighted by molar-refractivity contribution is 6.18. The van der Waals surface area contributed by atoms with Crippen LogP contribution in [-0.4, -0.2) is 23.3 Å². The van der Waals surface area contributed by atoms with Gasteiger partial charge in [0, 0.05) is 31.2 Å². The lowest BCUT2D eigenvalue weighted by Crippen LogP contribution is -2.25. The first-order valence-corrected chi connectivity index (χ1v) is 4.80.